The number of pyridine rings is 1. The molecule has 6 heteroatoms. The molecule has 3 heterocycles. The third kappa shape index (κ3) is 3.33. The molecular weight excluding hydrogens is 270 g/mol. The average Bonchev–Trinajstić information content (AvgIpc) is 3.12. The Morgan fingerprint density at radius 3 is 2.95 bits per heavy atom. The van der Waals surface area contributed by atoms with E-state index in [-0.39, 0.29) is 5.69 Å². The summed E-state index contributed by atoms with van der Waals surface area (Å²) in [6.07, 6.45) is 5.23. The molecule has 0 aliphatic carbocycles. The number of nitrogens with one attached hydrogen (secondary N) is 1. The van der Waals surface area contributed by atoms with Crippen LogP contribution in [-0.2, 0) is 0 Å². The summed E-state index contributed by atoms with van der Waals surface area (Å²) in [5.41, 5.74) is 0.709. The Kier molecular flexibility index (Phi) is 4.06. The Morgan fingerprint density at radius 1 is 1.38 bits per heavy atom. The standard InChI is InChI=1S/C15H19N3O3/c19-15(20)13-9-11-8-12(10-16-14(11)17-13)21-7-3-6-18-4-1-2-5-18/h8-10H,1-7H2,(H,16,17)(H,19,20). The fourth-order valence-electron chi connectivity index (χ4n) is 2.67. The van der Waals surface area contributed by atoms with Crippen LogP contribution in [0.4, 0.5) is 0 Å². The summed E-state index contributed by atoms with van der Waals surface area (Å²) in [7, 11) is 0. The number of rotatable bonds is 6. The van der Waals surface area contributed by atoms with Gasteiger partial charge in [0.05, 0.1) is 12.8 Å². The molecule has 0 unspecified atom stereocenters. The number of likely N-dealkylation sites (tertiary alicyclic amines) is 1. The van der Waals surface area contributed by atoms with Crippen molar-refractivity contribution in [2.24, 2.45) is 0 Å². The lowest BCUT2D eigenvalue weighted by atomic mass is 10.3. The van der Waals surface area contributed by atoms with E-state index < -0.39 is 5.97 Å². The lowest BCUT2D eigenvalue weighted by Gasteiger charge is -2.14. The van der Waals surface area contributed by atoms with Crippen LogP contribution in [0, 0.1) is 0 Å². The van der Waals surface area contributed by atoms with Gasteiger partial charge in [-0.1, -0.05) is 0 Å². The number of aromatic nitrogens is 2. The van der Waals surface area contributed by atoms with Crippen molar-refractivity contribution in [3.63, 3.8) is 0 Å². The summed E-state index contributed by atoms with van der Waals surface area (Å²) in [4.78, 5) is 20.3. The van der Waals surface area contributed by atoms with Gasteiger partial charge >= 0.3 is 5.97 Å². The molecule has 2 aromatic heterocycles. The summed E-state index contributed by atoms with van der Waals surface area (Å²) in [6.45, 7) is 4.13. The number of carbonyl (C=O) groups is 1. The third-order valence-electron chi connectivity index (χ3n) is 3.76. The van der Waals surface area contributed by atoms with Crippen LogP contribution in [0.25, 0.3) is 11.0 Å². The summed E-state index contributed by atoms with van der Waals surface area (Å²) in [6, 6.07) is 3.39. The van der Waals surface area contributed by atoms with Gasteiger partial charge in [0.15, 0.2) is 0 Å². The smallest absolute Gasteiger partial charge is 0.352 e. The fourth-order valence-corrected chi connectivity index (χ4v) is 2.67. The second-order valence-corrected chi connectivity index (χ2v) is 5.35. The Labute approximate surface area is 122 Å². The largest absolute Gasteiger partial charge is 0.492 e. The number of carboxylic acids is 1. The van der Waals surface area contributed by atoms with E-state index in [1.54, 1.807) is 12.3 Å². The highest BCUT2D eigenvalue weighted by Gasteiger charge is 2.11. The molecule has 1 fully saturated rings. The number of aromatic amines is 1. The van der Waals surface area contributed by atoms with Crippen LogP contribution in [0.2, 0.25) is 0 Å². The number of H-pyrrole nitrogens is 1. The molecule has 0 aromatic carbocycles. The first-order chi connectivity index (χ1) is 10.2. The van der Waals surface area contributed by atoms with Gasteiger partial charge in [-0.3, -0.25) is 0 Å². The number of aromatic carboxylic acids is 1. The predicted octanol–water partition coefficient (Wildman–Crippen LogP) is 2.13. The van der Waals surface area contributed by atoms with Crippen molar-refractivity contribution in [2.45, 2.75) is 19.3 Å². The van der Waals surface area contributed by atoms with E-state index in [4.69, 9.17) is 9.84 Å². The van der Waals surface area contributed by atoms with Crippen LogP contribution in [0.15, 0.2) is 18.3 Å². The average molecular weight is 289 g/mol. The normalized spacial score (nSPS) is 15.6. The zero-order chi connectivity index (χ0) is 14.7. The van der Waals surface area contributed by atoms with Gasteiger partial charge in [-0.15, -0.1) is 0 Å². The van der Waals surface area contributed by atoms with Crippen molar-refractivity contribution in [3.8, 4) is 5.75 Å². The van der Waals surface area contributed by atoms with Gasteiger partial charge in [0, 0.05) is 11.9 Å². The number of fused-ring (bicyclic) bond motifs is 1. The number of carboxylic acid groups (broad SMARTS) is 1. The summed E-state index contributed by atoms with van der Waals surface area (Å²) < 4.78 is 5.69. The van der Waals surface area contributed by atoms with E-state index >= 15 is 0 Å². The molecule has 0 radical (unpaired) electrons. The molecule has 3 rings (SSSR count). The second kappa shape index (κ2) is 6.13. The molecule has 1 aliphatic heterocycles. The number of ether oxygens (including phenoxy) is 1. The minimum atomic E-state index is -0.985. The Balaban J connectivity index is 1.55. The van der Waals surface area contributed by atoms with Crippen molar-refractivity contribution < 1.29 is 14.6 Å². The van der Waals surface area contributed by atoms with E-state index in [0.717, 1.165) is 18.4 Å². The molecule has 0 saturated carbocycles. The second-order valence-electron chi connectivity index (χ2n) is 5.35. The maximum absolute atomic E-state index is 10.9. The van der Waals surface area contributed by atoms with Gasteiger partial charge in [-0.05, 0) is 44.5 Å². The molecule has 6 nitrogen and oxygen atoms in total. The molecular formula is C15H19N3O3. The molecule has 112 valence electrons. The molecule has 0 amide bonds. The Morgan fingerprint density at radius 2 is 2.19 bits per heavy atom. The van der Waals surface area contributed by atoms with Crippen LogP contribution in [0.1, 0.15) is 29.8 Å². The molecule has 1 saturated heterocycles. The lowest BCUT2D eigenvalue weighted by Crippen LogP contribution is -2.21. The van der Waals surface area contributed by atoms with Crippen LogP contribution in [0.3, 0.4) is 0 Å². The van der Waals surface area contributed by atoms with Crippen molar-refractivity contribution in [2.75, 3.05) is 26.2 Å². The number of hydrogen-bond donors (Lipinski definition) is 2. The van der Waals surface area contributed by atoms with Crippen molar-refractivity contribution in [3.05, 3.63) is 24.0 Å². The van der Waals surface area contributed by atoms with Gasteiger partial charge < -0.3 is 19.7 Å². The summed E-state index contributed by atoms with van der Waals surface area (Å²) in [5.74, 6) is -0.305. The minimum absolute atomic E-state index is 0.142. The molecule has 1 aliphatic rings. The predicted molar refractivity (Wildman–Crippen MR) is 78.8 cm³/mol. The van der Waals surface area contributed by atoms with E-state index in [9.17, 15) is 4.79 Å². The van der Waals surface area contributed by atoms with Crippen LogP contribution in [-0.4, -0.2) is 52.2 Å². The highest BCUT2D eigenvalue weighted by Crippen LogP contribution is 2.19. The van der Waals surface area contributed by atoms with Crippen LogP contribution < -0.4 is 4.74 Å². The monoisotopic (exact) mass is 289 g/mol. The fraction of sp³-hybridized carbons (Fsp3) is 0.467. The van der Waals surface area contributed by atoms with Gasteiger partial charge in [-0.25, -0.2) is 9.78 Å². The number of nitrogens with zero attached hydrogens (tertiary/aromatic N) is 2. The first-order valence-electron chi connectivity index (χ1n) is 7.29. The molecule has 0 spiro atoms. The zero-order valence-corrected chi connectivity index (χ0v) is 11.8. The van der Waals surface area contributed by atoms with Crippen LogP contribution >= 0.6 is 0 Å². The van der Waals surface area contributed by atoms with Crippen molar-refractivity contribution >= 4 is 17.0 Å². The van der Waals surface area contributed by atoms with E-state index in [1.165, 1.54) is 25.9 Å². The number of hydrogen-bond acceptors (Lipinski definition) is 4. The third-order valence-corrected chi connectivity index (χ3v) is 3.76. The lowest BCUT2D eigenvalue weighted by molar-refractivity contribution is 0.0691. The van der Waals surface area contributed by atoms with Crippen LogP contribution in [0.5, 0.6) is 5.75 Å². The zero-order valence-electron chi connectivity index (χ0n) is 11.8. The van der Waals surface area contributed by atoms with E-state index in [2.05, 4.69) is 14.9 Å². The van der Waals surface area contributed by atoms with Gasteiger partial charge in [0.1, 0.15) is 17.1 Å². The first-order valence-corrected chi connectivity index (χ1v) is 7.29. The minimum Gasteiger partial charge on any atom is -0.492 e. The first kappa shape index (κ1) is 13.9. The van der Waals surface area contributed by atoms with E-state index in [1.807, 2.05) is 6.07 Å². The van der Waals surface area contributed by atoms with Gasteiger partial charge in [-0.2, -0.15) is 0 Å². The van der Waals surface area contributed by atoms with Gasteiger partial charge in [0.2, 0.25) is 0 Å². The Hall–Kier alpha value is -2.08. The molecule has 2 aromatic rings. The molecule has 0 atom stereocenters. The SMILES string of the molecule is O=C(O)c1cc2cc(OCCCN3CCCC3)cnc2[nH]1. The Bertz CT molecular complexity index is 632. The topological polar surface area (TPSA) is 78.5 Å². The molecule has 0 bridgehead atoms. The highest BCUT2D eigenvalue weighted by molar-refractivity contribution is 5.92. The molecule has 2 N–H and O–H groups in total. The van der Waals surface area contributed by atoms with E-state index in [0.29, 0.717) is 18.0 Å². The van der Waals surface area contributed by atoms with Crippen molar-refractivity contribution in [1.82, 2.24) is 14.9 Å². The van der Waals surface area contributed by atoms with Gasteiger partial charge in [0.25, 0.3) is 0 Å². The summed E-state index contributed by atoms with van der Waals surface area (Å²) >= 11 is 0. The molecule has 21 heavy (non-hydrogen) atoms. The van der Waals surface area contributed by atoms with Crippen molar-refractivity contribution in [1.29, 1.82) is 0 Å². The highest BCUT2D eigenvalue weighted by atomic mass is 16.5. The maximum Gasteiger partial charge on any atom is 0.352 e. The summed E-state index contributed by atoms with van der Waals surface area (Å²) in [5, 5.41) is 9.69. The quantitative estimate of drug-likeness (QED) is 0.796. The maximum atomic E-state index is 10.9.